The van der Waals surface area contributed by atoms with Gasteiger partial charge in [0, 0.05) is 0 Å². The van der Waals surface area contributed by atoms with Gasteiger partial charge in [-0.3, -0.25) is 0 Å². The quantitative estimate of drug-likeness (QED) is 0.336. The minimum absolute atomic E-state index is 0.0658. The summed E-state index contributed by atoms with van der Waals surface area (Å²) in [6.45, 7) is 11.6. The molecule has 1 atom stereocenters. The molecule has 32 heavy (non-hydrogen) atoms. The number of nitriles is 1. The molecule has 1 aromatic heterocycles. The summed E-state index contributed by atoms with van der Waals surface area (Å²) < 4.78 is 18.1. The van der Waals surface area contributed by atoms with Crippen molar-refractivity contribution in [2.45, 2.75) is 64.5 Å². The summed E-state index contributed by atoms with van der Waals surface area (Å²) in [6, 6.07) is 20.3. The minimum Gasteiger partial charge on any atom is -0.489 e. The zero-order valence-electron chi connectivity index (χ0n) is 19.6. The Morgan fingerprint density at radius 2 is 1.69 bits per heavy atom. The van der Waals surface area contributed by atoms with E-state index in [1.807, 2.05) is 36.4 Å². The number of rotatable bonds is 9. The SMILES string of the molecule is CC(C)(C)[Si](C)(C)OC(CCc1ccc(COc2ccccc2)cc1)c1ncc(C#N)o1. The van der Waals surface area contributed by atoms with Gasteiger partial charge in [0.25, 0.3) is 0 Å². The molecule has 5 nitrogen and oxygen atoms in total. The fourth-order valence-electron chi connectivity index (χ4n) is 3.04. The van der Waals surface area contributed by atoms with Gasteiger partial charge in [-0.15, -0.1) is 0 Å². The summed E-state index contributed by atoms with van der Waals surface area (Å²) in [5.41, 5.74) is 2.34. The van der Waals surface area contributed by atoms with Crippen LogP contribution in [0.3, 0.4) is 0 Å². The predicted octanol–water partition coefficient (Wildman–Crippen LogP) is 6.82. The van der Waals surface area contributed by atoms with Gasteiger partial charge in [-0.05, 0) is 54.2 Å². The second-order valence-electron chi connectivity index (χ2n) is 9.50. The number of aromatic nitrogens is 1. The Bertz CT molecular complexity index is 1030. The van der Waals surface area contributed by atoms with Crippen LogP contribution in [-0.4, -0.2) is 13.3 Å². The van der Waals surface area contributed by atoms with Crippen molar-refractivity contribution in [1.82, 2.24) is 4.98 Å². The average Bonchev–Trinajstić information content (AvgIpc) is 3.25. The van der Waals surface area contributed by atoms with Crippen LogP contribution >= 0.6 is 0 Å². The molecule has 0 amide bonds. The fraction of sp³-hybridized carbons (Fsp3) is 0.385. The molecule has 0 spiro atoms. The van der Waals surface area contributed by atoms with Crippen LogP contribution in [0, 0.1) is 11.3 Å². The number of para-hydroxylation sites is 1. The molecule has 2 aromatic carbocycles. The molecule has 0 saturated heterocycles. The van der Waals surface area contributed by atoms with E-state index in [0.717, 1.165) is 24.2 Å². The predicted molar refractivity (Wildman–Crippen MR) is 128 cm³/mol. The van der Waals surface area contributed by atoms with E-state index in [-0.39, 0.29) is 16.9 Å². The summed E-state index contributed by atoms with van der Waals surface area (Å²) in [6.07, 6.45) is 2.75. The molecule has 6 heteroatoms. The fourth-order valence-corrected chi connectivity index (χ4v) is 4.32. The first-order chi connectivity index (χ1) is 15.2. The molecule has 0 radical (unpaired) electrons. The zero-order valence-corrected chi connectivity index (χ0v) is 20.6. The number of aryl methyl sites for hydroxylation is 1. The van der Waals surface area contributed by atoms with E-state index < -0.39 is 8.32 Å². The van der Waals surface area contributed by atoms with E-state index in [1.54, 1.807) is 0 Å². The molecular weight excluding hydrogens is 416 g/mol. The van der Waals surface area contributed by atoms with E-state index >= 15 is 0 Å². The molecule has 1 unspecified atom stereocenters. The maximum atomic E-state index is 9.12. The molecule has 0 aliphatic heterocycles. The highest BCUT2D eigenvalue weighted by molar-refractivity contribution is 6.74. The van der Waals surface area contributed by atoms with Crippen molar-refractivity contribution in [3.8, 4) is 11.8 Å². The summed E-state index contributed by atoms with van der Waals surface area (Å²) in [7, 11) is -2.04. The van der Waals surface area contributed by atoms with Gasteiger partial charge in [-0.25, -0.2) is 4.98 Å². The summed E-state index contributed by atoms with van der Waals surface area (Å²) in [5.74, 6) is 1.57. The van der Waals surface area contributed by atoms with Crippen LogP contribution in [0.15, 0.2) is 65.2 Å². The maximum absolute atomic E-state index is 9.12. The molecule has 3 rings (SSSR count). The zero-order chi connectivity index (χ0) is 23.2. The van der Waals surface area contributed by atoms with E-state index in [1.165, 1.54) is 11.8 Å². The van der Waals surface area contributed by atoms with Crippen LogP contribution in [0.5, 0.6) is 5.75 Å². The first-order valence-corrected chi connectivity index (χ1v) is 13.9. The Labute approximate surface area is 192 Å². The molecule has 1 heterocycles. The smallest absolute Gasteiger partial charge is 0.224 e. The lowest BCUT2D eigenvalue weighted by Gasteiger charge is -2.38. The molecule has 3 aromatic rings. The summed E-state index contributed by atoms with van der Waals surface area (Å²) >= 11 is 0. The third-order valence-corrected chi connectivity index (χ3v) is 10.5. The minimum atomic E-state index is -2.04. The van der Waals surface area contributed by atoms with Gasteiger partial charge in [-0.2, -0.15) is 5.26 Å². The van der Waals surface area contributed by atoms with Crippen molar-refractivity contribution in [2.24, 2.45) is 0 Å². The standard InChI is InChI=1S/C26H32N2O3Si/c1-26(2,3)32(4,5)31-24(25-28-18-23(17-27)30-25)16-15-20-11-13-21(14-12-20)19-29-22-9-7-6-8-10-22/h6-14,18,24H,15-16,19H2,1-5H3. The Morgan fingerprint density at radius 1 is 1.03 bits per heavy atom. The van der Waals surface area contributed by atoms with Crippen molar-refractivity contribution in [3.05, 3.63) is 83.6 Å². The highest BCUT2D eigenvalue weighted by Gasteiger charge is 2.40. The van der Waals surface area contributed by atoms with E-state index in [0.29, 0.717) is 12.5 Å². The third kappa shape index (κ3) is 6.32. The maximum Gasteiger partial charge on any atom is 0.224 e. The molecule has 0 aliphatic rings. The van der Waals surface area contributed by atoms with Crippen molar-refractivity contribution < 1.29 is 13.6 Å². The second-order valence-corrected chi connectivity index (χ2v) is 14.3. The van der Waals surface area contributed by atoms with Gasteiger partial charge in [0.05, 0.1) is 6.20 Å². The van der Waals surface area contributed by atoms with Gasteiger partial charge >= 0.3 is 0 Å². The number of ether oxygens (including phenoxy) is 1. The van der Waals surface area contributed by atoms with E-state index in [2.05, 4.69) is 63.1 Å². The summed E-state index contributed by atoms with van der Waals surface area (Å²) in [4.78, 5) is 4.32. The highest BCUT2D eigenvalue weighted by Crippen LogP contribution is 2.40. The summed E-state index contributed by atoms with van der Waals surface area (Å²) in [5, 5.41) is 9.18. The molecule has 0 bridgehead atoms. The van der Waals surface area contributed by atoms with Crippen molar-refractivity contribution in [3.63, 3.8) is 0 Å². The Balaban J connectivity index is 1.65. The first-order valence-electron chi connectivity index (χ1n) is 11.0. The normalized spacial score (nSPS) is 12.9. The van der Waals surface area contributed by atoms with Gasteiger partial charge in [0.2, 0.25) is 11.7 Å². The van der Waals surface area contributed by atoms with Crippen molar-refractivity contribution in [2.75, 3.05) is 0 Å². The van der Waals surface area contributed by atoms with Crippen molar-refractivity contribution >= 4 is 8.32 Å². The lowest BCUT2D eigenvalue weighted by molar-refractivity contribution is 0.141. The Morgan fingerprint density at radius 3 is 2.28 bits per heavy atom. The van der Waals surface area contributed by atoms with Crippen LogP contribution in [-0.2, 0) is 17.5 Å². The number of oxazole rings is 1. The average molecular weight is 449 g/mol. The van der Waals surface area contributed by atoms with Gasteiger partial charge in [-0.1, -0.05) is 63.2 Å². The van der Waals surface area contributed by atoms with Gasteiger partial charge < -0.3 is 13.6 Å². The second kappa shape index (κ2) is 10.2. The number of hydrogen-bond acceptors (Lipinski definition) is 5. The van der Waals surface area contributed by atoms with Gasteiger partial charge in [0.1, 0.15) is 24.5 Å². The first kappa shape index (κ1) is 23.8. The molecule has 0 fully saturated rings. The van der Waals surface area contributed by atoms with Crippen LogP contribution in [0.25, 0.3) is 0 Å². The molecule has 0 N–H and O–H groups in total. The van der Waals surface area contributed by atoms with Crippen LogP contribution in [0.1, 0.15) is 56.1 Å². The van der Waals surface area contributed by atoms with Crippen LogP contribution < -0.4 is 4.74 Å². The van der Waals surface area contributed by atoms with Crippen molar-refractivity contribution in [1.29, 1.82) is 5.26 Å². The largest absolute Gasteiger partial charge is 0.489 e. The highest BCUT2D eigenvalue weighted by atomic mass is 28.4. The third-order valence-electron chi connectivity index (χ3n) is 6.02. The Hall–Kier alpha value is -2.88. The lowest BCUT2D eigenvalue weighted by Crippen LogP contribution is -2.42. The van der Waals surface area contributed by atoms with Crippen LogP contribution in [0.2, 0.25) is 18.1 Å². The Kier molecular flexibility index (Phi) is 7.55. The molecule has 168 valence electrons. The van der Waals surface area contributed by atoms with Crippen LogP contribution in [0.4, 0.5) is 0 Å². The number of benzene rings is 2. The lowest BCUT2D eigenvalue weighted by atomic mass is 10.1. The topological polar surface area (TPSA) is 68.3 Å². The number of nitrogens with zero attached hydrogens (tertiary/aromatic N) is 2. The molecule has 0 saturated carbocycles. The molecule has 0 aliphatic carbocycles. The van der Waals surface area contributed by atoms with E-state index in [4.69, 9.17) is 18.8 Å². The number of hydrogen-bond donors (Lipinski definition) is 0. The monoisotopic (exact) mass is 448 g/mol. The van der Waals surface area contributed by atoms with E-state index in [9.17, 15) is 0 Å². The molecular formula is C26H32N2O3Si. The van der Waals surface area contributed by atoms with Gasteiger partial charge in [0.15, 0.2) is 8.32 Å².